The molecule has 4 aromatic rings. The number of nitrogens with zero attached hydrogens (tertiary/aromatic N) is 3. The summed E-state index contributed by atoms with van der Waals surface area (Å²) < 4.78 is 21.9. The molecule has 0 bridgehead atoms. The number of hydrogen-bond donors (Lipinski definition) is 2. The van der Waals surface area contributed by atoms with Crippen LogP contribution in [0.4, 0.5) is 5.82 Å². The lowest BCUT2D eigenvalue weighted by Crippen LogP contribution is -2.52. The highest BCUT2D eigenvalue weighted by Crippen LogP contribution is 2.37. The zero-order valence-corrected chi connectivity index (χ0v) is 20.9. The number of hydrogen-bond acceptors (Lipinski definition) is 7. The molecule has 11 heteroatoms. The van der Waals surface area contributed by atoms with Gasteiger partial charge in [-0.2, -0.15) is 0 Å². The standard InChI is InChI=1S/C25H26N6O4S/c1-32-19-10-16-17(11-20(19)33-2)29-23-22(16)24(28-13-27-23)30-5-7-31(8-6-30)25(36)26-12-15-3-4-18-21(9-15)35-14-34-18/h3-4,9-11,13H,5-8,12,14H2,1-2H3,(H,26,36)(H,27,28,29)/p+1. The summed E-state index contributed by atoms with van der Waals surface area (Å²) in [6.45, 7) is 4.17. The van der Waals surface area contributed by atoms with E-state index in [1.54, 1.807) is 20.5 Å². The molecule has 186 valence electrons. The van der Waals surface area contributed by atoms with E-state index in [0.717, 1.165) is 76.1 Å². The zero-order chi connectivity index (χ0) is 24.6. The summed E-state index contributed by atoms with van der Waals surface area (Å²) in [7, 11) is 3.28. The summed E-state index contributed by atoms with van der Waals surface area (Å²) in [5.41, 5.74) is 2.86. The molecule has 6 rings (SSSR count). The largest absolute Gasteiger partial charge is 0.493 e. The minimum absolute atomic E-state index is 0.274. The van der Waals surface area contributed by atoms with Gasteiger partial charge in [0, 0.05) is 18.0 Å². The van der Waals surface area contributed by atoms with E-state index in [1.807, 2.05) is 30.3 Å². The van der Waals surface area contributed by atoms with Crippen LogP contribution in [0.2, 0.25) is 0 Å². The minimum Gasteiger partial charge on any atom is -0.493 e. The van der Waals surface area contributed by atoms with Crippen molar-refractivity contribution in [3.05, 3.63) is 42.2 Å². The van der Waals surface area contributed by atoms with Gasteiger partial charge in [0.1, 0.15) is 5.39 Å². The molecule has 0 aliphatic carbocycles. The van der Waals surface area contributed by atoms with Crippen LogP contribution < -0.4 is 34.1 Å². The van der Waals surface area contributed by atoms with Crippen molar-refractivity contribution in [1.82, 2.24) is 20.2 Å². The first-order valence-electron chi connectivity index (χ1n) is 11.7. The van der Waals surface area contributed by atoms with Gasteiger partial charge in [-0.15, -0.1) is 0 Å². The predicted molar refractivity (Wildman–Crippen MR) is 139 cm³/mol. The van der Waals surface area contributed by atoms with Gasteiger partial charge in [0.25, 0.3) is 0 Å². The summed E-state index contributed by atoms with van der Waals surface area (Å²) in [5.74, 6) is 3.95. The van der Waals surface area contributed by atoms with E-state index in [0.29, 0.717) is 18.0 Å². The summed E-state index contributed by atoms with van der Waals surface area (Å²) in [4.78, 5) is 15.8. The Labute approximate surface area is 213 Å². The topological polar surface area (TPSA) is 98.3 Å². The van der Waals surface area contributed by atoms with Crippen LogP contribution in [-0.4, -0.2) is 67.2 Å². The number of aromatic amines is 2. The molecule has 2 aliphatic rings. The molecule has 1 fully saturated rings. The van der Waals surface area contributed by atoms with Crippen molar-refractivity contribution < 1.29 is 23.9 Å². The van der Waals surface area contributed by atoms with E-state index in [4.69, 9.17) is 31.2 Å². The average Bonchev–Trinajstić information content (AvgIpc) is 3.54. The number of benzene rings is 2. The van der Waals surface area contributed by atoms with Gasteiger partial charge in [-0.25, -0.2) is 4.98 Å². The Morgan fingerprint density at radius 1 is 1.08 bits per heavy atom. The van der Waals surface area contributed by atoms with Crippen LogP contribution in [0.25, 0.3) is 21.9 Å². The number of piperazine rings is 1. The number of nitrogens with one attached hydrogen (secondary N) is 3. The first-order valence-corrected chi connectivity index (χ1v) is 12.2. The van der Waals surface area contributed by atoms with Crippen molar-refractivity contribution in [1.29, 1.82) is 0 Å². The van der Waals surface area contributed by atoms with Crippen molar-refractivity contribution >= 4 is 45.1 Å². The number of fused-ring (bicyclic) bond motifs is 4. The van der Waals surface area contributed by atoms with Crippen molar-refractivity contribution in [3.63, 3.8) is 0 Å². The van der Waals surface area contributed by atoms with E-state index in [2.05, 4.69) is 30.1 Å². The van der Waals surface area contributed by atoms with Gasteiger partial charge < -0.3 is 34.1 Å². The summed E-state index contributed by atoms with van der Waals surface area (Å²) in [6, 6.07) is 9.90. The molecule has 3 N–H and O–H groups in total. The van der Waals surface area contributed by atoms with Crippen LogP contribution in [0.5, 0.6) is 23.0 Å². The first kappa shape index (κ1) is 22.5. The molecule has 36 heavy (non-hydrogen) atoms. The lowest BCUT2D eigenvalue weighted by molar-refractivity contribution is -0.367. The number of H-pyrrole nitrogens is 2. The Balaban J connectivity index is 1.16. The van der Waals surface area contributed by atoms with Crippen molar-refractivity contribution in [2.75, 3.05) is 52.1 Å². The molecule has 2 aromatic carbocycles. The van der Waals surface area contributed by atoms with Crippen LogP contribution in [0.1, 0.15) is 5.56 Å². The Kier molecular flexibility index (Phi) is 5.76. The summed E-state index contributed by atoms with van der Waals surface area (Å²) in [5, 5.41) is 6.20. The van der Waals surface area contributed by atoms with Crippen LogP contribution >= 0.6 is 12.2 Å². The smallest absolute Gasteiger partial charge is 0.234 e. The second-order valence-electron chi connectivity index (χ2n) is 8.67. The lowest BCUT2D eigenvalue weighted by Gasteiger charge is -2.34. The van der Waals surface area contributed by atoms with Gasteiger partial charge in [-0.1, -0.05) is 11.1 Å². The molecule has 4 heterocycles. The quantitative estimate of drug-likeness (QED) is 0.395. The Morgan fingerprint density at radius 3 is 2.67 bits per heavy atom. The van der Waals surface area contributed by atoms with Crippen LogP contribution in [-0.2, 0) is 6.54 Å². The lowest BCUT2D eigenvalue weighted by atomic mass is 10.1. The molecule has 10 nitrogen and oxygen atoms in total. The predicted octanol–water partition coefficient (Wildman–Crippen LogP) is 2.47. The molecular weight excluding hydrogens is 480 g/mol. The van der Waals surface area contributed by atoms with Gasteiger partial charge in [-0.05, 0) is 36.0 Å². The Bertz CT molecular complexity index is 1450. The van der Waals surface area contributed by atoms with E-state index in [-0.39, 0.29) is 6.79 Å². The van der Waals surface area contributed by atoms with Crippen molar-refractivity contribution in [3.8, 4) is 23.0 Å². The van der Waals surface area contributed by atoms with E-state index >= 15 is 0 Å². The fourth-order valence-corrected chi connectivity index (χ4v) is 5.05. The molecular formula is C25H27N6O4S+. The maximum Gasteiger partial charge on any atom is 0.234 e. The Hall–Kier alpha value is -3.99. The van der Waals surface area contributed by atoms with Gasteiger partial charge >= 0.3 is 0 Å². The monoisotopic (exact) mass is 507 g/mol. The molecule has 0 radical (unpaired) electrons. The summed E-state index contributed by atoms with van der Waals surface area (Å²) >= 11 is 5.70. The van der Waals surface area contributed by atoms with Gasteiger partial charge in [0.2, 0.25) is 24.6 Å². The third-order valence-corrected chi connectivity index (χ3v) is 7.08. The van der Waals surface area contributed by atoms with Gasteiger partial charge in [-0.3, -0.25) is 4.90 Å². The number of anilines is 1. The number of methoxy groups -OCH3 is 2. The molecule has 0 spiro atoms. The highest BCUT2D eigenvalue weighted by molar-refractivity contribution is 7.80. The van der Waals surface area contributed by atoms with Gasteiger partial charge in [0.15, 0.2) is 28.1 Å². The number of ether oxygens (including phenoxy) is 4. The normalized spacial score (nSPS) is 14.9. The number of thiocarbonyl (C=S) groups is 1. The number of rotatable bonds is 5. The molecule has 0 amide bonds. The van der Waals surface area contributed by atoms with Crippen LogP contribution in [0.15, 0.2) is 36.7 Å². The third-order valence-electron chi connectivity index (χ3n) is 6.68. The Morgan fingerprint density at radius 2 is 1.86 bits per heavy atom. The second kappa shape index (κ2) is 9.23. The molecule has 0 atom stereocenters. The highest BCUT2D eigenvalue weighted by atomic mass is 32.1. The first-order chi connectivity index (χ1) is 17.6. The fourth-order valence-electron chi connectivity index (χ4n) is 4.80. The molecule has 2 aromatic heterocycles. The highest BCUT2D eigenvalue weighted by Gasteiger charge is 2.27. The van der Waals surface area contributed by atoms with Crippen molar-refractivity contribution in [2.45, 2.75) is 6.54 Å². The van der Waals surface area contributed by atoms with Crippen molar-refractivity contribution in [2.24, 2.45) is 0 Å². The number of aromatic nitrogens is 3. The average molecular weight is 508 g/mol. The zero-order valence-electron chi connectivity index (χ0n) is 20.1. The maximum absolute atomic E-state index is 5.70. The minimum atomic E-state index is 0.274. The third kappa shape index (κ3) is 3.95. The summed E-state index contributed by atoms with van der Waals surface area (Å²) in [6.07, 6.45) is 1.73. The van der Waals surface area contributed by atoms with Crippen LogP contribution in [0, 0.1) is 0 Å². The SMILES string of the molecule is COc1cc2[nH]c3nc[nH+]c(N4CCN(C(=S)NCc5ccc6c(c5)OCO6)CC4)c3c2cc1OC. The van der Waals surface area contributed by atoms with E-state index in [1.165, 1.54) is 0 Å². The van der Waals surface area contributed by atoms with E-state index in [9.17, 15) is 0 Å². The fraction of sp³-hybridized carbons (Fsp3) is 0.320. The molecule has 0 saturated carbocycles. The molecule has 0 unspecified atom stereocenters. The second-order valence-corrected chi connectivity index (χ2v) is 9.06. The van der Waals surface area contributed by atoms with Gasteiger partial charge in [0.05, 0.1) is 45.9 Å². The van der Waals surface area contributed by atoms with E-state index < -0.39 is 0 Å². The maximum atomic E-state index is 5.70. The van der Waals surface area contributed by atoms with Crippen LogP contribution in [0.3, 0.4) is 0 Å². The molecule has 1 saturated heterocycles. The molecule has 2 aliphatic heterocycles.